The Kier molecular flexibility index (Phi) is 12.6. The number of fused-ring (bicyclic) bond motifs is 1. The summed E-state index contributed by atoms with van der Waals surface area (Å²) in [7, 11) is 1.29. The van der Waals surface area contributed by atoms with E-state index < -0.39 is 29.7 Å². The molecule has 0 saturated carbocycles. The zero-order valence-corrected chi connectivity index (χ0v) is 37.3. The summed E-state index contributed by atoms with van der Waals surface area (Å²) in [4.78, 5) is 73.0. The molecule has 6 aromatic rings. The number of rotatable bonds is 11. The molecule has 0 unspecified atom stereocenters. The number of aromatic nitrogens is 4. The molecule has 2 aliphatic rings. The number of carbonyl (C=O) groups is 4. The number of aromatic amines is 2. The maximum atomic E-state index is 14.2. The van der Waals surface area contributed by atoms with Crippen LogP contribution in [0.2, 0.25) is 0 Å². The number of carbonyl (C=O) groups excluding carboxylic acids is 4. The Bertz CT molecular complexity index is 2630. The lowest BCUT2D eigenvalue weighted by Crippen LogP contribution is -2.51. The minimum Gasteiger partial charge on any atom is -0.453 e. The topological polar surface area (TPSA) is 177 Å². The van der Waals surface area contributed by atoms with Gasteiger partial charge in [-0.2, -0.15) is 0 Å². The van der Waals surface area contributed by atoms with E-state index in [9.17, 15) is 19.2 Å². The van der Waals surface area contributed by atoms with Gasteiger partial charge in [-0.1, -0.05) is 92.7 Å². The summed E-state index contributed by atoms with van der Waals surface area (Å²) >= 11 is 0. The Labute approximate surface area is 373 Å². The molecule has 2 fully saturated rings. The molecule has 0 aliphatic carbocycles. The van der Waals surface area contributed by atoms with E-state index in [1.807, 2.05) is 87.1 Å². The van der Waals surface area contributed by atoms with E-state index in [0.29, 0.717) is 13.1 Å². The first kappa shape index (κ1) is 43.7. The molecule has 8 rings (SSSR count). The summed E-state index contributed by atoms with van der Waals surface area (Å²) in [5, 5.41) is 10.7. The van der Waals surface area contributed by atoms with Gasteiger partial charge in [0.1, 0.15) is 23.7 Å². The molecule has 2 aliphatic heterocycles. The third-order valence-corrected chi connectivity index (χ3v) is 12.1. The molecule has 14 heteroatoms. The van der Waals surface area contributed by atoms with Gasteiger partial charge in [-0.25, -0.2) is 19.6 Å². The van der Waals surface area contributed by atoms with Gasteiger partial charge < -0.3 is 40.5 Å². The minimum absolute atomic E-state index is 0.107. The Hall–Kier alpha value is -6.96. The van der Waals surface area contributed by atoms with E-state index in [4.69, 9.17) is 14.7 Å². The van der Waals surface area contributed by atoms with Gasteiger partial charge in [-0.15, -0.1) is 0 Å². The average molecular weight is 864 g/mol. The molecule has 332 valence electrons. The molecule has 0 spiro atoms. The van der Waals surface area contributed by atoms with Gasteiger partial charge in [0.15, 0.2) is 0 Å². The Balaban J connectivity index is 0.941. The van der Waals surface area contributed by atoms with Crippen molar-refractivity contribution in [1.29, 1.82) is 0 Å². The van der Waals surface area contributed by atoms with Crippen molar-refractivity contribution < 1.29 is 23.9 Å². The van der Waals surface area contributed by atoms with Crippen molar-refractivity contribution in [3.8, 4) is 33.6 Å². The van der Waals surface area contributed by atoms with Crippen molar-refractivity contribution in [2.24, 2.45) is 5.92 Å². The van der Waals surface area contributed by atoms with Crippen LogP contribution >= 0.6 is 0 Å². The standard InChI is InChI=1S/C50H57N9O5/c1-30(2)42(56-49(63)64-6)46(60)58-24-10-14-40(58)44-51-28-38(53-44)32-18-16-31(17-19-32)34-20-21-36-27-37(23-22-35(36)26-34)39-29-52-45(54-39)41-15-11-25-59(41)47(61)43(33-12-8-7-9-13-33)55-48(62)57-50(3,4)5/h7-9,12-13,16-23,26-30,40-43H,10-11,14-15,24-25H2,1-6H3,(H,51,53)(H,52,54)(H,56,63)(H2,55,57,62)/t40-,41-,42-,43+/m0/s1. The highest BCUT2D eigenvalue weighted by atomic mass is 16.5. The number of hydrogen-bond donors (Lipinski definition) is 5. The molecule has 0 bridgehead atoms. The number of ether oxygens (including phenoxy) is 1. The smallest absolute Gasteiger partial charge is 0.407 e. The van der Waals surface area contributed by atoms with Gasteiger partial charge in [0, 0.05) is 30.4 Å². The number of hydrogen-bond acceptors (Lipinski definition) is 7. The number of benzene rings is 4. The van der Waals surface area contributed by atoms with E-state index in [1.54, 1.807) is 0 Å². The molecular weight excluding hydrogens is 807 g/mol. The maximum absolute atomic E-state index is 14.2. The predicted molar refractivity (Wildman–Crippen MR) is 247 cm³/mol. The van der Waals surface area contributed by atoms with Crippen LogP contribution in [-0.2, 0) is 14.3 Å². The third kappa shape index (κ3) is 9.51. The quantitative estimate of drug-likeness (QED) is 0.0864. The van der Waals surface area contributed by atoms with Gasteiger partial charge in [0.05, 0.1) is 36.8 Å². The summed E-state index contributed by atoms with van der Waals surface area (Å²) in [5.74, 6) is 1.03. The molecule has 2 aromatic heterocycles. The van der Waals surface area contributed by atoms with Gasteiger partial charge >= 0.3 is 12.1 Å². The SMILES string of the molecule is COC(=O)N[C@H](C(=O)N1CCC[C@H]1c1ncc(-c2ccc(-c3ccc4cc(-c5c[nH]c([C@@H]6CCCN6C(=O)[C@H](NC(=O)NC(C)(C)C)c6ccccc6)n5)ccc4c3)cc2)[nH]1)C(C)C. The Morgan fingerprint density at radius 2 is 1.36 bits per heavy atom. The molecule has 4 atom stereocenters. The summed E-state index contributed by atoms with van der Waals surface area (Å²) in [6, 6.07) is 28.1. The fourth-order valence-corrected chi connectivity index (χ4v) is 8.85. The number of nitrogens with one attached hydrogen (secondary N) is 5. The van der Waals surface area contributed by atoms with Crippen molar-refractivity contribution in [1.82, 2.24) is 45.7 Å². The number of imidazole rings is 2. The Morgan fingerprint density at radius 1 is 0.750 bits per heavy atom. The molecule has 2 saturated heterocycles. The van der Waals surface area contributed by atoms with E-state index in [-0.39, 0.29) is 29.8 Å². The maximum Gasteiger partial charge on any atom is 0.407 e. The van der Waals surface area contributed by atoms with Crippen LogP contribution in [0.25, 0.3) is 44.4 Å². The normalized spacial score (nSPS) is 17.4. The van der Waals surface area contributed by atoms with Crippen LogP contribution in [0, 0.1) is 5.92 Å². The van der Waals surface area contributed by atoms with Crippen molar-refractivity contribution in [3.05, 3.63) is 121 Å². The number of amides is 5. The number of H-pyrrole nitrogens is 2. The summed E-state index contributed by atoms with van der Waals surface area (Å²) < 4.78 is 4.77. The highest BCUT2D eigenvalue weighted by molar-refractivity contribution is 5.91. The highest BCUT2D eigenvalue weighted by Crippen LogP contribution is 2.36. The largest absolute Gasteiger partial charge is 0.453 e. The highest BCUT2D eigenvalue weighted by Gasteiger charge is 2.39. The molecule has 4 aromatic carbocycles. The van der Waals surface area contributed by atoms with Crippen molar-refractivity contribution in [2.45, 2.75) is 90.0 Å². The van der Waals surface area contributed by atoms with Crippen molar-refractivity contribution >= 4 is 34.7 Å². The summed E-state index contributed by atoms with van der Waals surface area (Å²) in [6.45, 7) is 10.7. The number of nitrogens with zero attached hydrogens (tertiary/aromatic N) is 4. The number of urea groups is 1. The lowest BCUT2D eigenvalue weighted by Gasteiger charge is -2.30. The Morgan fingerprint density at radius 3 is 2.02 bits per heavy atom. The predicted octanol–water partition coefficient (Wildman–Crippen LogP) is 8.83. The first-order chi connectivity index (χ1) is 30.8. The molecule has 64 heavy (non-hydrogen) atoms. The lowest BCUT2D eigenvalue weighted by atomic mass is 9.98. The van der Waals surface area contributed by atoms with E-state index in [1.165, 1.54) is 7.11 Å². The number of likely N-dealkylation sites (tertiary alicyclic amines) is 2. The number of alkyl carbamates (subject to hydrolysis) is 1. The zero-order chi connectivity index (χ0) is 45.1. The van der Waals surface area contributed by atoms with E-state index in [0.717, 1.165) is 87.3 Å². The fourth-order valence-electron chi connectivity index (χ4n) is 8.85. The second-order valence-corrected chi connectivity index (χ2v) is 18.1. The first-order valence-electron chi connectivity index (χ1n) is 22.1. The van der Waals surface area contributed by atoms with Crippen molar-refractivity contribution in [3.63, 3.8) is 0 Å². The summed E-state index contributed by atoms with van der Waals surface area (Å²) in [6.07, 6.45) is 6.31. The average Bonchev–Trinajstić information content (AvgIpc) is 4.13. The van der Waals surface area contributed by atoms with Gasteiger partial charge in [-0.05, 0) is 97.5 Å². The van der Waals surface area contributed by atoms with E-state index >= 15 is 0 Å². The second-order valence-electron chi connectivity index (χ2n) is 18.1. The van der Waals surface area contributed by atoms with Gasteiger partial charge in [0.2, 0.25) is 11.8 Å². The molecule has 14 nitrogen and oxygen atoms in total. The molecule has 0 radical (unpaired) electrons. The van der Waals surface area contributed by atoms with E-state index in [2.05, 4.69) is 86.6 Å². The van der Waals surface area contributed by atoms with Crippen molar-refractivity contribution in [2.75, 3.05) is 20.2 Å². The van der Waals surface area contributed by atoms with Crippen LogP contribution in [0.3, 0.4) is 0 Å². The molecule has 5 N–H and O–H groups in total. The van der Waals surface area contributed by atoms with Crippen LogP contribution < -0.4 is 16.0 Å². The summed E-state index contributed by atoms with van der Waals surface area (Å²) in [5.41, 5.74) is 6.03. The second kappa shape index (κ2) is 18.4. The third-order valence-electron chi connectivity index (χ3n) is 12.1. The van der Waals surface area contributed by atoms with Crippen LogP contribution in [0.5, 0.6) is 0 Å². The molecule has 5 amide bonds. The minimum atomic E-state index is -0.844. The van der Waals surface area contributed by atoms with Crippen LogP contribution in [-0.4, -0.2) is 85.5 Å². The molecule has 4 heterocycles. The van der Waals surface area contributed by atoms with Crippen LogP contribution in [0.15, 0.2) is 103 Å². The van der Waals surface area contributed by atoms with Crippen LogP contribution in [0.1, 0.15) is 95.6 Å². The fraction of sp³-hybridized carbons (Fsp3) is 0.360. The monoisotopic (exact) mass is 863 g/mol. The first-order valence-corrected chi connectivity index (χ1v) is 22.1. The lowest BCUT2D eigenvalue weighted by molar-refractivity contribution is -0.135. The van der Waals surface area contributed by atoms with Gasteiger partial charge in [-0.3, -0.25) is 9.59 Å². The van der Waals surface area contributed by atoms with Gasteiger partial charge in [0.25, 0.3) is 0 Å². The van der Waals surface area contributed by atoms with Crippen LogP contribution in [0.4, 0.5) is 9.59 Å². The number of methoxy groups -OCH3 is 1. The molecular formula is C50H57N9O5. The zero-order valence-electron chi connectivity index (χ0n) is 37.3.